The summed E-state index contributed by atoms with van der Waals surface area (Å²) in [4.78, 5) is 0. The van der Waals surface area contributed by atoms with E-state index >= 15 is 0 Å². The van der Waals surface area contributed by atoms with Crippen molar-refractivity contribution in [3.8, 4) is 0 Å². The van der Waals surface area contributed by atoms with Crippen LogP contribution in [0.25, 0.3) is 0 Å². The van der Waals surface area contributed by atoms with E-state index in [0.717, 1.165) is 0 Å². The maximum absolute atomic E-state index is 3.50. The van der Waals surface area contributed by atoms with Gasteiger partial charge in [-0.15, -0.1) is 0 Å². The van der Waals surface area contributed by atoms with Crippen LogP contribution in [0.1, 0.15) is 6.42 Å². The second-order valence-corrected chi connectivity index (χ2v) is 7.67. The fourth-order valence-electron chi connectivity index (χ4n) is 0.134. The summed E-state index contributed by atoms with van der Waals surface area (Å²) in [6.45, 7) is 0. The third kappa shape index (κ3) is 5.76. The van der Waals surface area contributed by atoms with Gasteiger partial charge in [-0.05, 0) is 0 Å². The first kappa shape index (κ1) is 7.76. The summed E-state index contributed by atoms with van der Waals surface area (Å²) in [5.74, 6) is 0. The van der Waals surface area contributed by atoms with Crippen LogP contribution in [-0.4, -0.2) is 24.3 Å². The van der Waals surface area contributed by atoms with Crippen molar-refractivity contribution in [1.29, 1.82) is 0 Å². The molecule has 0 fully saturated rings. The molecule has 0 spiro atoms. The average molecular weight is 321 g/mol. The predicted molar refractivity (Wildman–Crippen MR) is 37.9 cm³/mol. The Morgan fingerprint density at radius 3 is 2.33 bits per heavy atom. The van der Waals surface area contributed by atoms with E-state index in [1.54, 1.807) is 0 Å². The second kappa shape index (κ2) is 6.76. The molecule has 0 rings (SSSR count). The first-order valence-corrected chi connectivity index (χ1v) is 11.3. The number of hydrogen-bond donors (Lipinski definition) is 0. The molecule has 0 aliphatic carbocycles. The molecule has 0 heterocycles. The molecule has 0 aliphatic rings. The van der Waals surface area contributed by atoms with Crippen molar-refractivity contribution in [3.05, 3.63) is 0 Å². The summed E-state index contributed by atoms with van der Waals surface area (Å²) in [5, 5.41) is 1.18. The third-order valence-corrected chi connectivity index (χ3v) is 5.17. The van der Waals surface area contributed by atoms with E-state index in [4.69, 9.17) is 0 Å². The number of hydrogen-bond acceptors (Lipinski definition) is 0. The molecule has 0 amide bonds. The molecule has 0 aromatic heterocycles. The summed E-state index contributed by atoms with van der Waals surface area (Å²) in [6.07, 6.45) is 1.36. The van der Waals surface area contributed by atoms with Gasteiger partial charge in [0.15, 0.2) is 0 Å². The Hall–Kier alpha value is 1.76. The Kier molecular flexibility index (Phi) is 8.74. The van der Waals surface area contributed by atoms with Crippen molar-refractivity contribution < 1.29 is 0 Å². The van der Waals surface area contributed by atoms with Crippen LogP contribution in [0.15, 0.2) is 0 Å². The van der Waals surface area contributed by atoms with Crippen LogP contribution in [0.5, 0.6) is 0 Å². The minimum absolute atomic E-state index is 0.0278. The molecule has 2 radical (unpaired) electrons. The summed E-state index contributed by atoms with van der Waals surface area (Å²) in [7, 11) is 0. The molecule has 36 valence electrons. The summed E-state index contributed by atoms with van der Waals surface area (Å²) >= 11 is 6.83. The van der Waals surface area contributed by atoms with Gasteiger partial charge in [-0.25, -0.2) is 0 Å². The third-order valence-electron chi connectivity index (χ3n) is 0.405. The topological polar surface area (TPSA) is 0 Å². The van der Waals surface area contributed by atoms with Gasteiger partial charge in [-0.2, -0.15) is 0 Å². The molecule has 0 atom stereocenters. The van der Waals surface area contributed by atoms with Gasteiger partial charge < -0.3 is 0 Å². The van der Waals surface area contributed by atoms with Crippen LogP contribution in [-0.2, 0) is 0 Å². The summed E-state index contributed by atoms with van der Waals surface area (Å²) in [6, 6.07) is 0. The van der Waals surface area contributed by atoms with E-state index in [-0.39, 0.29) is 18.9 Å². The Labute approximate surface area is 63.2 Å². The molecule has 3 heteroatoms. The predicted octanol–water partition coefficient (Wildman–Crippen LogP) is 2.20. The van der Waals surface area contributed by atoms with E-state index in [9.17, 15) is 0 Å². The standard InChI is InChI=1S/C3H6Br.BrH.Sn/c1-2-3-4;;/h1-3H2;1H;/q;;+1/p-1. The molecule has 0 aromatic carbocycles. The first-order valence-electron chi connectivity index (χ1n) is 1.81. The molecule has 0 N–H and O–H groups in total. The molecular formula is C3H6Br2Sn. The zero-order valence-corrected chi connectivity index (χ0v) is 9.40. The van der Waals surface area contributed by atoms with Gasteiger partial charge in [-0.1, -0.05) is 0 Å². The van der Waals surface area contributed by atoms with Crippen LogP contribution in [0, 0.1) is 0 Å². The zero-order valence-electron chi connectivity index (χ0n) is 3.38. The van der Waals surface area contributed by atoms with E-state index < -0.39 is 0 Å². The fraction of sp³-hybridized carbons (Fsp3) is 1.00. The molecular weight excluding hydrogens is 315 g/mol. The van der Waals surface area contributed by atoms with Crippen LogP contribution in [0.3, 0.4) is 0 Å². The SMILES string of the molecule is BrCC[CH2][Sn][Br]. The monoisotopic (exact) mass is 320 g/mol. The molecule has 6 heavy (non-hydrogen) atoms. The van der Waals surface area contributed by atoms with Crippen molar-refractivity contribution in [2.45, 2.75) is 10.9 Å². The Bertz CT molecular complexity index is 20.8. The van der Waals surface area contributed by atoms with Gasteiger partial charge in [0.25, 0.3) is 0 Å². The maximum atomic E-state index is 3.50. The van der Waals surface area contributed by atoms with Crippen molar-refractivity contribution in [3.63, 3.8) is 0 Å². The normalized spacial score (nSPS) is 9.00. The molecule has 0 nitrogen and oxygen atoms in total. The van der Waals surface area contributed by atoms with E-state index in [1.807, 2.05) is 0 Å². The summed E-state index contributed by atoms with van der Waals surface area (Å²) in [5.41, 5.74) is 0. The molecule has 0 aliphatic heterocycles. The van der Waals surface area contributed by atoms with Crippen molar-refractivity contribution in [1.82, 2.24) is 0 Å². The van der Waals surface area contributed by atoms with Gasteiger partial charge in [-0.3, -0.25) is 0 Å². The fourth-order valence-corrected chi connectivity index (χ4v) is 4.66. The van der Waals surface area contributed by atoms with Crippen LogP contribution >= 0.6 is 28.6 Å². The van der Waals surface area contributed by atoms with E-state index in [0.29, 0.717) is 0 Å². The number of alkyl halides is 1. The van der Waals surface area contributed by atoms with E-state index in [2.05, 4.69) is 28.6 Å². The molecule has 0 unspecified atom stereocenters. The van der Waals surface area contributed by atoms with Gasteiger partial charge in [0.1, 0.15) is 0 Å². The van der Waals surface area contributed by atoms with E-state index in [1.165, 1.54) is 16.2 Å². The van der Waals surface area contributed by atoms with Crippen molar-refractivity contribution >= 4 is 47.6 Å². The zero-order chi connectivity index (χ0) is 4.83. The first-order chi connectivity index (χ1) is 2.91. The van der Waals surface area contributed by atoms with Gasteiger partial charge in [0.2, 0.25) is 0 Å². The van der Waals surface area contributed by atoms with Crippen LogP contribution < -0.4 is 0 Å². The molecule has 0 aromatic rings. The Morgan fingerprint density at radius 1 is 1.50 bits per heavy atom. The Balaban J connectivity index is 2.34. The molecule has 0 saturated carbocycles. The van der Waals surface area contributed by atoms with Crippen molar-refractivity contribution in [2.24, 2.45) is 0 Å². The Morgan fingerprint density at radius 2 is 2.17 bits per heavy atom. The van der Waals surface area contributed by atoms with Gasteiger partial charge in [0, 0.05) is 0 Å². The quantitative estimate of drug-likeness (QED) is 0.425. The molecule has 0 saturated heterocycles. The summed E-state index contributed by atoms with van der Waals surface area (Å²) < 4.78 is 1.45. The van der Waals surface area contributed by atoms with Gasteiger partial charge in [0.05, 0.1) is 0 Å². The number of rotatable bonds is 3. The number of halogens is 2. The van der Waals surface area contributed by atoms with Crippen molar-refractivity contribution in [2.75, 3.05) is 5.33 Å². The van der Waals surface area contributed by atoms with Crippen LogP contribution in [0.2, 0.25) is 4.44 Å². The van der Waals surface area contributed by atoms with Gasteiger partial charge >= 0.3 is 63.7 Å². The average Bonchev–Trinajstić information content (AvgIpc) is 1.61. The minimum atomic E-state index is -0.0278. The van der Waals surface area contributed by atoms with Crippen LogP contribution in [0.4, 0.5) is 0 Å². The molecule has 0 bridgehead atoms. The second-order valence-electron chi connectivity index (χ2n) is 0.926.